The molecule has 1 N–H and O–H groups in total. The number of carbonyl (C=O) groups excluding carboxylic acids is 1. The van der Waals surface area contributed by atoms with Gasteiger partial charge in [-0.3, -0.25) is 20.2 Å². The monoisotopic (exact) mass is 281 g/mol. The second-order valence-electron chi connectivity index (χ2n) is 4.25. The van der Waals surface area contributed by atoms with Gasteiger partial charge in [-0.15, -0.1) is 0 Å². The van der Waals surface area contributed by atoms with Crippen molar-refractivity contribution in [3.8, 4) is 0 Å². The quantitative estimate of drug-likeness (QED) is 0.509. The number of non-ortho nitro benzene ring substituents is 1. The Hall–Kier alpha value is -2.71. The highest BCUT2D eigenvalue weighted by Gasteiger charge is 2.31. The number of ether oxygens (including phenoxy) is 1. The van der Waals surface area contributed by atoms with Crippen molar-refractivity contribution in [2.45, 2.75) is 19.4 Å². The van der Waals surface area contributed by atoms with Crippen LogP contribution in [0.3, 0.4) is 0 Å². The zero-order valence-corrected chi connectivity index (χ0v) is 10.5. The Labute approximate surface area is 112 Å². The van der Waals surface area contributed by atoms with Gasteiger partial charge in [-0.25, -0.2) is 4.79 Å². The first-order chi connectivity index (χ1) is 9.43. The van der Waals surface area contributed by atoms with Crippen LogP contribution in [0.2, 0.25) is 0 Å². The minimum atomic E-state index is -0.810. The Balaban J connectivity index is 2.66. The molecule has 0 aromatic heterocycles. The standard InChI is InChI=1S/C11H11N3O6/c1-2-6-5-20-11(15)8-3-7(13(16)17)4-9(14(18)19)10(8)12-6/h3-4,6,12H,2,5H2,1H3. The number of cyclic esters (lactones) is 1. The normalized spacial score (nSPS) is 17.4. The molecule has 2 rings (SSSR count). The fourth-order valence-electron chi connectivity index (χ4n) is 1.89. The molecule has 1 aliphatic rings. The predicted molar refractivity (Wildman–Crippen MR) is 67.7 cm³/mol. The van der Waals surface area contributed by atoms with Crippen LogP contribution in [0, 0.1) is 20.2 Å². The summed E-state index contributed by atoms with van der Waals surface area (Å²) in [6.45, 7) is 1.88. The number of nitro benzene ring substituents is 2. The number of nitrogens with zero attached hydrogens (tertiary/aromatic N) is 2. The molecule has 106 valence electrons. The van der Waals surface area contributed by atoms with E-state index >= 15 is 0 Å². The first-order valence-electron chi connectivity index (χ1n) is 5.84. The molecule has 1 heterocycles. The third-order valence-corrected chi connectivity index (χ3v) is 2.99. The number of hydrogen-bond acceptors (Lipinski definition) is 7. The first kappa shape index (κ1) is 13.7. The van der Waals surface area contributed by atoms with Crippen LogP contribution in [0.15, 0.2) is 12.1 Å². The molecular weight excluding hydrogens is 270 g/mol. The molecule has 20 heavy (non-hydrogen) atoms. The topological polar surface area (TPSA) is 125 Å². The van der Waals surface area contributed by atoms with E-state index in [1.807, 2.05) is 6.92 Å². The second kappa shape index (κ2) is 5.11. The summed E-state index contributed by atoms with van der Waals surface area (Å²) in [7, 11) is 0. The minimum Gasteiger partial charge on any atom is -0.460 e. The van der Waals surface area contributed by atoms with Gasteiger partial charge >= 0.3 is 5.97 Å². The zero-order valence-electron chi connectivity index (χ0n) is 10.5. The van der Waals surface area contributed by atoms with Crippen molar-refractivity contribution in [3.05, 3.63) is 37.9 Å². The van der Waals surface area contributed by atoms with Crippen LogP contribution >= 0.6 is 0 Å². The summed E-state index contributed by atoms with van der Waals surface area (Å²) < 4.78 is 4.96. The molecule has 9 nitrogen and oxygen atoms in total. The van der Waals surface area contributed by atoms with E-state index in [9.17, 15) is 25.0 Å². The lowest BCUT2D eigenvalue weighted by Gasteiger charge is -2.14. The first-order valence-corrected chi connectivity index (χ1v) is 5.84. The third-order valence-electron chi connectivity index (χ3n) is 2.99. The van der Waals surface area contributed by atoms with Crippen LogP contribution in [0.4, 0.5) is 17.1 Å². The SMILES string of the molecule is CCC1COC(=O)c2cc([N+](=O)[O-])cc([N+](=O)[O-])c2N1. The molecule has 0 amide bonds. The molecule has 0 spiro atoms. The Morgan fingerprint density at radius 3 is 2.60 bits per heavy atom. The predicted octanol–water partition coefficient (Wildman–Crippen LogP) is 1.86. The lowest BCUT2D eigenvalue weighted by atomic mass is 10.1. The number of nitrogens with one attached hydrogen (secondary N) is 1. The summed E-state index contributed by atoms with van der Waals surface area (Å²) in [4.78, 5) is 32.1. The largest absolute Gasteiger partial charge is 0.460 e. The Kier molecular flexibility index (Phi) is 3.51. The maximum absolute atomic E-state index is 11.8. The van der Waals surface area contributed by atoms with Gasteiger partial charge in [0.25, 0.3) is 11.4 Å². The van der Waals surface area contributed by atoms with Gasteiger partial charge in [0.15, 0.2) is 0 Å². The van der Waals surface area contributed by atoms with Crippen molar-refractivity contribution in [3.63, 3.8) is 0 Å². The van der Waals surface area contributed by atoms with E-state index in [1.165, 1.54) is 0 Å². The number of benzene rings is 1. The Morgan fingerprint density at radius 2 is 2.05 bits per heavy atom. The third kappa shape index (κ3) is 2.37. The van der Waals surface area contributed by atoms with Gasteiger partial charge in [0, 0.05) is 6.07 Å². The van der Waals surface area contributed by atoms with Crippen LogP contribution in [0.1, 0.15) is 23.7 Å². The van der Waals surface area contributed by atoms with E-state index < -0.39 is 27.2 Å². The van der Waals surface area contributed by atoms with Crippen LogP contribution in [-0.4, -0.2) is 28.5 Å². The van der Waals surface area contributed by atoms with E-state index in [0.717, 1.165) is 12.1 Å². The van der Waals surface area contributed by atoms with E-state index in [1.54, 1.807) is 0 Å². The smallest absolute Gasteiger partial charge is 0.340 e. The van der Waals surface area contributed by atoms with Gasteiger partial charge < -0.3 is 10.1 Å². The summed E-state index contributed by atoms with van der Waals surface area (Å²) in [6.07, 6.45) is 0.584. The molecule has 1 atom stereocenters. The maximum atomic E-state index is 11.8. The number of carbonyl (C=O) groups is 1. The van der Waals surface area contributed by atoms with Crippen molar-refractivity contribution in [2.24, 2.45) is 0 Å². The molecule has 0 saturated carbocycles. The van der Waals surface area contributed by atoms with Crippen molar-refractivity contribution in [2.75, 3.05) is 11.9 Å². The summed E-state index contributed by atoms with van der Waals surface area (Å²) in [6, 6.07) is 1.53. The van der Waals surface area contributed by atoms with Crippen LogP contribution in [-0.2, 0) is 4.74 Å². The molecule has 9 heteroatoms. The number of fused-ring (bicyclic) bond motifs is 1. The van der Waals surface area contributed by atoms with E-state index in [4.69, 9.17) is 4.74 Å². The fraction of sp³-hybridized carbons (Fsp3) is 0.364. The van der Waals surface area contributed by atoms with Gasteiger partial charge in [-0.2, -0.15) is 0 Å². The molecule has 0 fully saturated rings. The number of hydrogen-bond donors (Lipinski definition) is 1. The summed E-state index contributed by atoms with van der Waals surface area (Å²) in [5.74, 6) is -0.810. The number of nitro groups is 2. The van der Waals surface area contributed by atoms with Crippen LogP contribution < -0.4 is 5.32 Å². The lowest BCUT2D eigenvalue weighted by Crippen LogP contribution is -2.23. The molecule has 1 aromatic rings. The number of esters is 1. The molecule has 0 bridgehead atoms. The molecule has 1 aromatic carbocycles. The highest BCUT2D eigenvalue weighted by molar-refractivity contribution is 5.99. The average Bonchev–Trinajstić information content (AvgIpc) is 2.57. The fourth-order valence-corrected chi connectivity index (χ4v) is 1.89. The summed E-state index contributed by atoms with van der Waals surface area (Å²) in [5, 5.41) is 24.7. The van der Waals surface area contributed by atoms with E-state index in [0.29, 0.717) is 6.42 Å². The van der Waals surface area contributed by atoms with Crippen LogP contribution in [0.25, 0.3) is 0 Å². The molecule has 1 aliphatic heterocycles. The van der Waals surface area contributed by atoms with Gasteiger partial charge in [0.2, 0.25) is 0 Å². The van der Waals surface area contributed by atoms with Gasteiger partial charge in [0.1, 0.15) is 12.3 Å². The second-order valence-corrected chi connectivity index (χ2v) is 4.25. The van der Waals surface area contributed by atoms with Gasteiger partial charge in [-0.05, 0) is 6.42 Å². The van der Waals surface area contributed by atoms with Crippen molar-refractivity contribution >= 4 is 23.0 Å². The molecule has 0 aliphatic carbocycles. The van der Waals surface area contributed by atoms with E-state index in [2.05, 4.69) is 5.32 Å². The van der Waals surface area contributed by atoms with Crippen molar-refractivity contribution < 1.29 is 19.4 Å². The Morgan fingerprint density at radius 1 is 1.35 bits per heavy atom. The Bertz CT molecular complexity index is 600. The minimum absolute atomic E-state index is 0.0325. The highest BCUT2D eigenvalue weighted by Crippen LogP contribution is 2.35. The van der Waals surface area contributed by atoms with Gasteiger partial charge in [-0.1, -0.05) is 6.92 Å². The summed E-state index contributed by atoms with van der Waals surface area (Å²) >= 11 is 0. The van der Waals surface area contributed by atoms with Crippen LogP contribution in [0.5, 0.6) is 0 Å². The van der Waals surface area contributed by atoms with Crippen molar-refractivity contribution in [1.29, 1.82) is 0 Å². The summed E-state index contributed by atoms with van der Waals surface area (Å²) in [5.41, 5.74) is -1.26. The number of rotatable bonds is 3. The van der Waals surface area contributed by atoms with Crippen molar-refractivity contribution in [1.82, 2.24) is 0 Å². The van der Waals surface area contributed by atoms with E-state index in [-0.39, 0.29) is 23.9 Å². The molecule has 0 saturated heterocycles. The molecular formula is C11H11N3O6. The molecule has 0 radical (unpaired) electrons. The zero-order chi connectivity index (χ0) is 14.9. The average molecular weight is 281 g/mol. The lowest BCUT2D eigenvalue weighted by molar-refractivity contribution is -0.393. The van der Waals surface area contributed by atoms with Gasteiger partial charge in [0.05, 0.1) is 27.5 Å². The highest BCUT2D eigenvalue weighted by atomic mass is 16.6. The molecule has 1 unspecified atom stereocenters. The maximum Gasteiger partial charge on any atom is 0.340 e. The number of anilines is 1.